The topological polar surface area (TPSA) is 67.7 Å². The van der Waals surface area contributed by atoms with E-state index in [-0.39, 0.29) is 0 Å². The molecule has 0 saturated heterocycles. The van der Waals surface area contributed by atoms with Crippen LogP contribution in [0.2, 0.25) is 0 Å². The molecule has 0 aliphatic heterocycles. The second-order valence-corrected chi connectivity index (χ2v) is 4.37. The van der Waals surface area contributed by atoms with Crippen LogP contribution in [0.15, 0.2) is 24.7 Å². The predicted molar refractivity (Wildman–Crippen MR) is 76.2 cm³/mol. The molecular weight excluding hydrogens is 240 g/mol. The number of aromatic nitrogens is 4. The van der Waals surface area contributed by atoms with E-state index in [1.165, 1.54) is 0 Å². The molecule has 2 N–H and O–H groups in total. The van der Waals surface area contributed by atoms with Crippen molar-refractivity contribution >= 4 is 11.6 Å². The lowest BCUT2D eigenvalue weighted by Crippen LogP contribution is -2.09. The van der Waals surface area contributed by atoms with Crippen molar-refractivity contribution in [3.63, 3.8) is 0 Å². The Balaban J connectivity index is 1.82. The van der Waals surface area contributed by atoms with Crippen molar-refractivity contribution in [2.24, 2.45) is 7.05 Å². The Morgan fingerprint density at radius 2 is 1.89 bits per heavy atom. The van der Waals surface area contributed by atoms with E-state index in [1.807, 2.05) is 24.0 Å². The zero-order valence-electron chi connectivity index (χ0n) is 11.4. The lowest BCUT2D eigenvalue weighted by atomic mass is 10.3. The molecule has 0 aliphatic carbocycles. The maximum absolute atomic E-state index is 4.44. The highest BCUT2D eigenvalue weighted by Gasteiger charge is 1.99. The van der Waals surface area contributed by atoms with Gasteiger partial charge < -0.3 is 10.6 Å². The van der Waals surface area contributed by atoms with Crippen LogP contribution >= 0.6 is 0 Å². The van der Waals surface area contributed by atoms with Gasteiger partial charge in [0.1, 0.15) is 11.6 Å². The van der Waals surface area contributed by atoms with Crippen LogP contribution in [0.4, 0.5) is 11.6 Å². The fraction of sp³-hybridized carbons (Fsp3) is 0.462. The van der Waals surface area contributed by atoms with Gasteiger partial charge in [-0.3, -0.25) is 9.67 Å². The molecule has 0 aromatic carbocycles. The highest BCUT2D eigenvalue weighted by molar-refractivity contribution is 5.41. The molecule has 19 heavy (non-hydrogen) atoms. The molecule has 0 amide bonds. The molecule has 0 bridgehead atoms. The van der Waals surface area contributed by atoms with Crippen LogP contribution in [0, 0.1) is 0 Å². The van der Waals surface area contributed by atoms with Gasteiger partial charge in [0.15, 0.2) is 0 Å². The van der Waals surface area contributed by atoms with E-state index >= 15 is 0 Å². The van der Waals surface area contributed by atoms with E-state index in [0.717, 1.165) is 43.3 Å². The van der Waals surface area contributed by atoms with Crippen LogP contribution < -0.4 is 10.6 Å². The van der Waals surface area contributed by atoms with E-state index in [9.17, 15) is 0 Å². The molecule has 0 aliphatic rings. The number of aryl methyl sites for hydroxylation is 1. The van der Waals surface area contributed by atoms with Crippen LogP contribution in [-0.4, -0.2) is 32.8 Å². The number of nitrogens with zero attached hydrogens (tertiary/aromatic N) is 4. The smallest absolute Gasteiger partial charge is 0.146 e. The third kappa shape index (κ3) is 4.24. The molecule has 0 unspecified atom stereocenters. The van der Waals surface area contributed by atoms with Crippen molar-refractivity contribution < 1.29 is 0 Å². The molecule has 0 atom stereocenters. The van der Waals surface area contributed by atoms with E-state index in [2.05, 4.69) is 32.6 Å². The molecule has 2 rings (SSSR count). The van der Waals surface area contributed by atoms with Gasteiger partial charge in [-0.05, 0) is 12.5 Å². The monoisotopic (exact) mass is 260 g/mol. The van der Waals surface area contributed by atoms with Crippen LogP contribution in [-0.2, 0) is 13.5 Å². The zero-order valence-corrected chi connectivity index (χ0v) is 11.4. The minimum absolute atomic E-state index is 0.789. The average Bonchev–Trinajstić information content (AvgIpc) is 2.83. The average molecular weight is 260 g/mol. The zero-order chi connectivity index (χ0) is 13.5. The van der Waals surface area contributed by atoms with E-state index in [0.29, 0.717) is 0 Å². The largest absolute Gasteiger partial charge is 0.369 e. The highest BCUT2D eigenvalue weighted by atomic mass is 15.2. The molecule has 0 radical (unpaired) electrons. The van der Waals surface area contributed by atoms with E-state index in [1.54, 1.807) is 12.4 Å². The van der Waals surface area contributed by atoms with Gasteiger partial charge in [0.25, 0.3) is 0 Å². The first kappa shape index (κ1) is 13.3. The molecular formula is C13H20N6. The quantitative estimate of drug-likeness (QED) is 0.793. The molecule has 0 saturated carbocycles. The van der Waals surface area contributed by atoms with Crippen molar-refractivity contribution in [1.29, 1.82) is 0 Å². The second kappa shape index (κ2) is 6.72. The Bertz CT molecular complexity index is 507. The summed E-state index contributed by atoms with van der Waals surface area (Å²) in [5.41, 5.74) is 1.07. The van der Waals surface area contributed by atoms with Gasteiger partial charge in [0.2, 0.25) is 0 Å². The number of hydrogen-bond acceptors (Lipinski definition) is 5. The van der Waals surface area contributed by atoms with Crippen molar-refractivity contribution in [2.75, 3.05) is 23.7 Å². The van der Waals surface area contributed by atoms with Gasteiger partial charge in [0, 0.05) is 32.8 Å². The molecule has 6 nitrogen and oxygen atoms in total. The Hall–Kier alpha value is -2.11. The summed E-state index contributed by atoms with van der Waals surface area (Å²) in [4.78, 5) is 8.60. The molecule has 0 fully saturated rings. The van der Waals surface area contributed by atoms with Gasteiger partial charge in [-0.2, -0.15) is 5.10 Å². The van der Waals surface area contributed by atoms with E-state index in [4.69, 9.17) is 0 Å². The second-order valence-electron chi connectivity index (χ2n) is 4.37. The number of anilines is 2. The lowest BCUT2D eigenvalue weighted by Gasteiger charge is -2.07. The van der Waals surface area contributed by atoms with Crippen LogP contribution in [0.25, 0.3) is 0 Å². The van der Waals surface area contributed by atoms with Crippen LogP contribution in [0.1, 0.15) is 19.0 Å². The van der Waals surface area contributed by atoms with Crippen LogP contribution in [0.5, 0.6) is 0 Å². The minimum Gasteiger partial charge on any atom is -0.369 e. The fourth-order valence-corrected chi connectivity index (χ4v) is 1.70. The van der Waals surface area contributed by atoms with Crippen molar-refractivity contribution in [3.05, 3.63) is 30.4 Å². The summed E-state index contributed by atoms with van der Waals surface area (Å²) in [7, 11) is 1.92. The van der Waals surface area contributed by atoms with E-state index < -0.39 is 0 Å². The first-order valence-corrected chi connectivity index (χ1v) is 6.56. The van der Waals surface area contributed by atoms with Crippen molar-refractivity contribution in [2.45, 2.75) is 19.8 Å². The summed E-state index contributed by atoms with van der Waals surface area (Å²) >= 11 is 0. The van der Waals surface area contributed by atoms with Crippen molar-refractivity contribution in [3.8, 4) is 0 Å². The first-order chi connectivity index (χ1) is 9.28. The third-order valence-corrected chi connectivity index (χ3v) is 2.65. The molecule has 6 heteroatoms. The minimum atomic E-state index is 0.789. The molecule has 0 spiro atoms. The first-order valence-electron chi connectivity index (χ1n) is 6.56. The Kier molecular flexibility index (Phi) is 4.72. The maximum atomic E-state index is 4.44. The number of rotatable bonds is 7. The standard InChI is InChI=1S/C13H20N6/c1-3-6-15-12-9-14-10-13(17-12)16-7-4-11-5-8-19(2)18-11/h5,8-10H,3-4,6-7H2,1-2H3,(H2,15,16,17). The summed E-state index contributed by atoms with van der Waals surface area (Å²) in [6.07, 6.45) is 7.35. The van der Waals surface area contributed by atoms with Gasteiger partial charge in [-0.15, -0.1) is 0 Å². The molecule has 2 aromatic heterocycles. The lowest BCUT2D eigenvalue weighted by molar-refractivity contribution is 0.742. The summed E-state index contributed by atoms with van der Waals surface area (Å²) < 4.78 is 1.81. The predicted octanol–water partition coefficient (Wildman–Crippen LogP) is 1.69. The Labute approximate surface area is 113 Å². The van der Waals surface area contributed by atoms with Gasteiger partial charge >= 0.3 is 0 Å². The summed E-state index contributed by atoms with van der Waals surface area (Å²) in [5.74, 6) is 1.60. The Morgan fingerprint density at radius 3 is 2.53 bits per heavy atom. The normalized spacial score (nSPS) is 10.4. The summed E-state index contributed by atoms with van der Waals surface area (Å²) in [5, 5.41) is 10.8. The van der Waals surface area contributed by atoms with Gasteiger partial charge in [0.05, 0.1) is 18.1 Å². The molecule has 102 valence electrons. The molecule has 2 aromatic rings. The Morgan fingerprint density at radius 1 is 1.16 bits per heavy atom. The SMILES string of the molecule is CCCNc1cncc(NCCc2ccn(C)n2)n1. The number of nitrogens with one attached hydrogen (secondary N) is 2. The maximum Gasteiger partial charge on any atom is 0.146 e. The van der Waals surface area contributed by atoms with Crippen LogP contribution in [0.3, 0.4) is 0 Å². The van der Waals surface area contributed by atoms with Gasteiger partial charge in [-0.25, -0.2) is 4.98 Å². The summed E-state index contributed by atoms with van der Waals surface area (Å²) in [6.45, 7) is 3.82. The molecule has 2 heterocycles. The van der Waals surface area contributed by atoms with Crippen molar-refractivity contribution in [1.82, 2.24) is 19.7 Å². The highest BCUT2D eigenvalue weighted by Crippen LogP contribution is 2.06. The fourth-order valence-electron chi connectivity index (χ4n) is 1.70. The summed E-state index contributed by atoms with van der Waals surface area (Å²) in [6, 6.07) is 2.02. The van der Waals surface area contributed by atoms with Gasteiger partial charge in [-0.1, -0.05) is 6.92 Å². The third-order valence-electron chi connectivity index (χ3n) is 2.65. The number of hydrogen-bond donors (Lipinski definition) is 2.